The molecule has 2 aromatic rings. The van der Waals surface area contributed by atoms with Gasteiger partial charge in [-0.3, -0.25) is 9.59 Å². The van der Waals surface area contributed by atoms with Crippen molar-refractivity contribution in [2.24, 2.45) is 0 Å². The molecule has 0 aliphatic carbocycles. The van der Waals surface area contributed by atoms with Gasteiger partial charge in [0.25, 0.3) is 5.91 Å². The first-order chi connectivity index (χ1) is 14.3. The maximum atomic E-state index is 12.0. The minimum atomic E-state index is -0.218. The Morgan fingerprint density at radius 2 is 1.83 bits per heavy atom. The number of hydrogen-bond donors (Lipinski definition) is 1. The van der Waals surface area contributed by atoms with E-state index in [9.17, 15) is 9.59 Å². The molecule has 1 N–H and O–H groups in total. The lowest BCUT2D eigenvalue weighted by Gasteiger charge is -2.19. The van der Waals surface area contributed by atoms with Crippen LogP contribution in [-0.2, 0) is 15.0 Å². The lowest BCUT2D eigenvalue weighted by atomic mass is 9.87. The number of nitrogens with one attached hydrogen (secondary N) is 1. The number of carbonyl (C=O) groups excluding carboxylic acids is 2. The molecular formula is C24H30N2O4. The van der Waals surface area contributed by atoms with Crippen LogP contribution in [0.2, 0.25) is 0 Å². The quantitative estimate of drug-likeness (QED) is 0.674. The van der Waals surface area contributed by atoms with Crippen LogP contribution in [0.4, 0.5) is 5.69 Å². The van der Waals surface area contributed by atoms with Gasteiger partial charge in [0.15, 0.2) is 6.61 Å². The number of anilines is 1. The fourth-order valence-electron chi connectivity index (χ4n) is 3.27. The van der Waals surface area contributed by atoms with E-state index in [-0.39, 0.29) is 23.8 Å². The van der Waals surface area contributed by atoms with Crippen LogP contribution in [0.1, 0.15) is 39.2 Å². The SMILES string of the molecule is CC(C)(C)c1ccc(OCCNC(=O)COc2cccc(N3CCCC3=O)c2)cc1. The molecule has 1 fully saturated rings. The summed E-state index contributed by atoms with van der Waals surface area (Å²) in [4.78, 5) is 25.6. The zero-order chi connectivity index (χ0) is 21.6. The standard InChI is InChI=1S/C24H30N2O4/c1-24(2,3)18-9-11-20(12-10-18)29-15-13-25-22(27)17-30-21-7-4-6-19(16-21)26-14-5-8-23(26)28/h4,6-7,9-12,16H,5,8,13-15,17H2,1-3H3,(H,25,27). The summed E-state index contributed by atoms with van der Waals surface area (Å²) < 4.78 is 11.2. The highest BCUT2D eigenvalue weighted by Crippen LogP contribution is 2.25. The average Bonchev–Trinajstić information content (AvgIpc) is 3.15. The minimum absolute atomic E-state index is 0.0856. The number of carbonyl (C=O) groups is 2. The fraction of sp³-hybridized carbons (Fsp3) is 0.417. The monoisotopic (exact) mass is 410 g/mol. The van der Waals surface area contributed by atoms with Gasteiger partial charge in [-0.1, -0.05) is 39.0 Å². The fourth-order valence-corrected chi connectivity index (χ4v) is 3.27. The van der Waals surface area contributed by atoms with Gasteiger partial charge in [-0.15, -0.1) is 0 Å². The van der Waals surface area contributed by atoms with Gasteiger partial charge in [-0.05, 0) is 41.7 Å². The first-order valence-electron chi connectivity index (χ1n) is 10.4. The summed E-state index contributed by atoms with van der Waals surface area (Å²) in [6.07, 6.45) is 1.45. The van der Waals surface area contributed by atoms with Gasteiger partial charge in [0.2, 0.25) is 5.91 Å². The molecule has 0 spiro atoms. The van der Waals surface area contributed by atoms with E-state index < -0.39 is 0 Å². The summed E-state index contributed by atoms with van der Waals surface area (Å²) in [6, 6.07) is 15.3. The number of rotatable bonds is 8. The molecule has 6 heteroatoms. The van der Waals surface area contributed by atoms with Gasteiger partial charge >= 0.3 is 0 Å². The van der Waals surface area contributed by atoms with E-state index in [1.165, 1.54) is 5.56 Å². The molecule has 2 aromatic carbocycles. The Balaban J connectivity index is 1.38. The number of benzene rings is 2. The highest BCUT2D eigenvalue weighted by atomic mass is 16.5. The van der Waals surface area contributed by atoms with Gasteiger partial charge in [0.05, 0.1) is 6.54 Å². The van der Waals surface area contributed by atoms with E-state index in [1.54, 1.807) is 17.0 Å². The summed E-state index contributed by atoms with van der Waals surface area (Å²) in [7, 11) is 0. The molecule has 0 radical (unpaired) electrons. The molecule has 6 nitrogen and oxygen atoms in total. The molecule has 30 heavy (non-hydrogen) atoms. The summed E-state index contributed by atoms with van der Waals surface area (Å²) in [5.41, 5.74) is 2.16. The van der Waals surface area contributed by atoms with Crippen molar-refractivity contribution < 1.29 is 19.1 Å². The van der Waals surface area contributed by atoms with Crippen LogP contribution >= 0.6 is 0 Å². The average molecular weight is 411 g/mol. The zero-order valence-corrected chi connectivity index (χ0v) is 17.9. The normalized spacial score (nSPS) is 14.0. The second-order valence-electron chi connectivity index (χ2n) is 8.41. The van der Waals surface area contributed by atoms with Crippen molar-refractivity contribution in [2.45, 2.75) is 39.0 Å². The van der Waals surface area contributed by atoms with E-state index in [2.05, 4.69) is 38.2 Å². The van der Waals surface area contributed by atoms with E-state index in [4.69, 9.17) is 9.47 Å². The van der Waals surface area contributed by atoms with E-state index in [0.717, 1.165) is 24.4 Å². The smallest absolute Gasteiger partial charge is 0.258 e. The largest absolute Gasteiger partial charge is 0.492 e. The van der Waals surface area contributed by atoms with Crippen molar-refractivity contribution in [1.82, 2.24) is 5.32 Å². The van der Waals surface area contributed by atoms with Gasteiger partial charge < -0.3 is 19.7 Å². The van der Waals surface area contributed by atoms with Crippen LogP contribution in [0.15, 0.2) is 48.5 Å². The predicted molar refractivity (Wildman–Crippen MR) is 117 cm³/mol. The molecule has 1 aliphatic rings. The minimum Gasteiger partial charge on any atom is -0.492 e. The summed E-state index contributed by atoms with van der Waals surface area (Å²) in [5.74, 6) is 1.25. The van der Waals surface area contributed by atoms with E-state index >= 15 is 0 Å². The van der Waals surface area contributed by atoms with Crippen molar-refractivity contribution in [3.63, 3.8) is 0 Å². The number of hydrogen-bond acceptors (Lipinski definition) is 4. The molecule has 2 amide bonds. The lowest BCUT2D eigenvalue weighted by molar-refractivity contribution is -0.123. The van der Waals surface area contributed by atoms with E-state index in [0.29, 0.717) is 25.3 Å². The second kappa shape index (κ2) is 9.65. The van der Waals surface area contributed by atoms with Crippen molar-refractivity contribution >= 4 is 17.5 Å². The second-order valence-corrected chi connectivity index (χ2v) is 8.41. The van der Waals surface area contributed by atoms with Gasteiger partial charge in [-0.2, -0.15) is 0 Å². The van der Waals surface area contributed by atoms with Gasteiger partial charge in [0, 0.05) is 24.7 Å². The Labute approximate surface area is 178 Å². The number of amides is 2. The number of nitrogens with zero attached hydrogens (tertiary/aromatic N) is 1. The summed E-state index contributed by atoms with van der Waals surface area (Å²) >= 11 is 0. The Kier molecular flexibility index (Phi) is 6.98. The molecule has 1 heterocycles. The lowest BCUT2D eigenvalue weighted by Crippen LogP contribution is -2.32. The topological polar surface area (TPSA) is 67.9 Å². The first kappa shape index (κ1) is 21.7. The van der Waals surface area contributed by atoms with Crippen LogP contribution in [0, 0.1) is 0 Å². The van der Waals surface area contributed by atoms with Crippen molar-refractivity contribution in [2.75, 3.05) is 31.2 Å². The molecule has 0 unspecified atom stereocenters. The Morgan fingerprint density at radius 1 is 1.07 bits per heavy atom. The zero-order valence-electron chi connectivity index (χ0n) is 17.9. The summed E-state index contributed by atoms with van der Waals surface area (Å²) in [5, 5.41) is 2.78. The van der Waals surface area contributed by atoms with Crippen LogP contribution in [0.3, 0.4) is 0 Å². The summed E-state index contributed by atoms with van der Waals surface area (Å²) in [6.45, 7) is 7.92. The third kappa shape index (κ3) is 5.99. The molecule has 160 valence electrons. The van der Waals surface area contributed by atoms with Crippen LogP contribution in [0.25, 0.3) is 0 Å². The first-order valence-corrected chi connectivity index (χ1v) is 10.4. The van der Waals surface area contributed by atoms with E-state index in [1.807, 2.05) is 24.3 Å². The van der Waals surface area contributed by atoms with Crippen molar-refractivity contribution in [1.29, 1.82) is 0 Å². The molecule has 0 atom stereocenters. The maximum absolute atomic E-state index is 12.0. The third-order valence-corrected chi connectivity index (χ3v) is 4.99. The van der Waals surface area contributed by atoms with Gasteiger partial charge in [0.1, 0.15) is 18.1 Å². The van der Waals surface area contributed by atoms with Crippen LogP contribution in [0.5, 0.6) is 11.5 Å². The third-order valence-electron chi connectivity index (χ3n) is 4.99. The molecule has 3 rings (SSSR count). The van der Waals surface area contributed by atoms with Crippen LogP contribution < -0.4 is 19.7 Å². The molecule has 1 saturated heterocycles. The molecular weight excluding hydrogens is 380 g/mol. The maximum Gasteiger partial charge on any atom is 0.258 e. The highest BCUT2D eigenvalue weighted by molar-refractivity contribution is 5.95. The van der Waals surface area contributed by atoms with Gasteiger partial charge in [-0.25, -0.2) is 0 Å². The number of ether oxygens (including phenoxy) is 2. The molecule has 1 aliphatic heterocycles. The van der Waals surface area contributed by atoms with Crippen molar-refractivity contribution in [3.8, 4) is 11.5 Å². The Morgan fingerprint density at radius 3 is 2.50 bits per heavy atom. The van der Waals surface area contributed by atoms with Crippen LogP contribution in [-0.4, -0.2) is 38.1 Å². The Hall–Kier alpha value is -3.02. The van der Waals surface area contributed by atoms with Crippen molar-refractivity contribution in [3.05, 3.63) is 54.1 Å². The highest BCUT2D eigenvalue weighted by Gasteiger charge is 2.21. The molecule has 0 saturated carbocycles. The molecule has 0 bridgehead atoms. The predicted octanol–water partition coefficient (Wildman–Crippen LogP) is 3.68. The Bertz CT molecular complexity index is 872. The molecule has 0 aromatic heterocycles.